The van der Waals surface area contributed by atoms with E-state index in [0.29, 0.717) is 36.4 Å². The van der Waals surface area contributed by atoms with Crippen molar-refractivity contribution < 1.29 is 9.59 Å². The molecule has 1 fully saturated rings. The van der Waals surface area contributed by atoms with E-state index in [1.54, 1.807) is 4.90 Å². The number of aryl methyl sites for hydroxylation is 1. The molecule has 1 aliphatic heterocycles. The van der Waals surface area contributed by atoms with Gasteiger partial charge in [-0.3, -0.25) is 14.7 Å². The van der Waals surface area contributed by atoms with Gasteiger partial charge >= 0.3 is 0 Å². The van der Waals surface area contributed by atoms with E-state index in [9.17, 15) is 9.59 Å². The summed E-state index contributed by atoms with van der Waals surface area (Å²) in [6.45, 7) is 7.75. The molecule has 1 aromatic carbocycles. The Bertz CT molecular complexity index is 916. The third kappa shape index (κ3) is 5.12. The highest BCUT2D eigenvalue weighted by Crippen LogP contribution is 2.19. The van der Waals surface area contributed by atoms with E-state index in [-0.39, 0.29) is 23.8 Å². The predicted molar refractivity (Wildman–Crippen MR) is 114 cm³/mol. The van der Waals surface area contributed by atoms with Crippen molar-refractivity contribution in [3.8, 4) is 0 Å². The van der Waals surface area contributed by atoms with Gasteiger partial charge in [0, 0.05) is 37.7 Å². The molecule has 156 valence electrons. The van der Waals surface area contributed by atoms with E-state index < -0.39 is 0 Å². The van der Waals surface area contributed by atoms with Crippen molar-refractivity contribution in [2.75, 3.05) is 19.6 Å². The third-order valence-electron chi connectivity index (χ3n) is 5.32. The van der Waals surface area contributed by atoms with E-state index in [4.69, 9.17) is 12.2 Å². The lowest BCUT2D eigenvalue weighted by Crippen LogP contribution is -2.45. The fourth-order valence-electron chi connectivity index (χ4n) is 3.74. The van der Waals surface area contributed by atoms with Crippen LogP contribution in [0.4, 0.5) is 0 Å². The summed E-state index contributed by atoms with van der Waals surface area (Å²) < 4.78 is 2.56. The van der Waals surface area contributed by atoms with Crippen molar-refractivity contribution in [1.29, 1.82) is 0 Å². The zero-order valence-corrected chi connectivity index (χ0v) is 18.1. The summed E-state index contributed by atoms with van der Waals surface area (Å²) in [6.07, 6.45) is 2.24. The lowest BCUT2D eigenvalue weighted by atomic mass is 9.96. The van der Waals surface area contributed by atoms with Crippen LogP contribution in [0, 0.1) is 17.6 Å². The lowest BCUT2D eigenvalue weighted by molar-refractivity contribution is -0.126. The summed E-state index contributed by atoms with van der Waals surface area (Å²) in [7, 11) is 0. The molecule has 2 heterocycles. The topological polar surface area (TPSA) is 83.0 Å². The van der Waals surface area contributed by atoms with Crippen LogP contribution in [0.25, 0.3) is 0 Å². The number of aromatic nitrogens is 3. The van der Waals surface area contributed by atoms with Gasteiger partial charge in [0.15, 0.2) is 4.77 Å². The number of carbonyl (C=O) groups excluding carboxylic acids is 2. The number of piperidine rings is 1. The third-order valence-corrected chi connectivity index (χ3v) is 5.61. The molecule has 8 heteroatoms. The van der Waals surface area contributed by atoms with Crippen molar-refractivity contribution in [2.45, 2.75) is 46.1 Å². The molecular formula is C21H29N5O2S. The van der Waals surface area contributed by atoms with Crippen molar-refractivity contribution in [1.82, 2.24) is 25.0 Å². The molecule has 0 aliphatic carbocycles. The van der Waals surface area contributed by atoms with E-state index in [1.807, 2.05) is 35.8 Å². The highest BCUT2D eigenvalue weighted by Gasteiger charge is 2.28. The first-order chi connectivity index (χ1) is 13.9. The van der Waals surface area contributed by atoms with Gasteiger partial charge < -0.3 is 14.8 Å². The highest BCUT2D eigenvalue weighted by molar-refractivity contribution is 7.71. The van der Waals surface area contributed by atoms with Gasteiger partial charge in [-0.1, -0.05) is 17.7 Å². The number of aromatic amines is 1. The van der Waals surface area contributed by atoms with Crippen LogP contribution in [0.2, 0.25) is 0 Å². The molecule has 29 heavy (non-hydrogen) atoms. The lowest BCUT2D eigenvalue weighted by Gasteiger charge is -2.32. The molecular weight excluding hydrogens is 386 g/mol. The van der Waals surface area contributed by atoms with Crippen LogP contribution in [0.3, 0.4) is 0 Å². The maximum Gasteiger partial charge on any atom is 0.253 e. The average molecular weight is 416 g/mol. The fraction of sp³-hybridized carbons (Fsp3) is 0.524. The standard InChI is InChI=1S/C21H29N5O2S/c1-14(2)26-18(23-24-21(26)29)10-11-22-19(27)17-5-4-12-25(13-17)20(28)16-8-6-15(3)7-9-16/h6-9,14,17H,4-5,10-13H2,1-3H3,(H,22,27)(H,24,29). The molecule has 1 unspecified atom stereocenters. The monoisotopic (exact) mass is 415 g/mol. The fourth-order valence-corrected chi connectivity index (χ4v) is 4.10. The van der Waals surface area contributed by atoms with Crippen molar-refractivity contribution in [3.05, 3.63) is 46.0 Å². The second kappa shape index (κ2) is 9.35. The van der Waals surface area contributed by atoms with Gasteiger partial charge in [-0.05, 0) is 58.0 Å². The zero-order valence-electron chi connectivity index (χ0n) is 17.3. The molecule has 1 atom stereocenters. The Hall–Kier alpha value is -2.48. The largest absolute Gasteiger partial charge is 0.355 e. The summed E-state index contributed by atoms with van der Waals surface area (Å²) in [5, 5.41) is 10.1. The number of likely N-dealkylation sites (tertiary alicyclic amines) is 1. The zero-order chi connectivity index (χ0) is 21.0. The van der Waals surface area contributed by atoms with E-state index in [2.05, 4.69) is 29.4 Å². The molecule has 0 radical (unpaired) electrons. The van der Waals surface area contributed by atoms with Gasteiger partial charge in [0.1, 0.15) is 5.82 Å². The normalized spacial score (nSPS) is 16.8. The molecule has 1 aromatic heterocycles. The van der Waals surface area contributed by atoms with Crippen LogP contribution >= 0.6 is 12.2 Å². The first-order valence-corrected chi connectivity index (χ1v) is 10.6. The number of benzene rings is 1. The number of nitrogens with one attached hydrogen (secondary N) is 2. The second-order valence-electron chi connectivity index (χ2n) is 7.91. The number of carbonyl (C=O) groups is 2. The summed E-state index contributed by atoms with van der Waals surface area (Å²) in [5.41, 5.74) is 1.80. The van der Waals surface area contributed by atoms with Gasteiger partial charge in [-0.2, -0.15) is 5.10 Å². The Balaban J connectivity index is 1.54. The molecule has 3 rings (SSSR count). The van der Waals surface area contributed by atoms with Crippen molar-refractivity contribution in [3.63, 3.8) is 0 Å². The number of hydrogen-bond acceptors (Lipinski definition) is 4. The average Bonchev–Trinajstić information content (AvgIpc) is 3.08. The van der Waals surface area contributed by atoms with Crippen LogP contribution in [0.1, 0.15) is 54.5 Å². The van der Waals surface area contributed by atoms with Gasteiger partial charge in [0.25, 0.3) is 5.91 Å². The van der Waals surface area contributed by atoms with Crippen LogP contribution in [-0.2, 0) is 11.2 Å². The van der Waals surface area contributed by atoms with E-state index >= 15 is 0 Å². The summed E-state index contributed by atoms with van der Waals surface area (Å²) in [4.78, 5) is 27.2. The molecule has 2 N–H and O–H groups in total. The molecule has 7 nitrogen and oxygen atoms in total. The first-order valence-electron chi connectivity index (χ1n) is 10.2. The van der Waals surface area contributed by atoms with Crippen molar-refractivity contribution >= 4 is 24.0 Å². The van der Waals surface area contributed by atoms with Crippen LogP contribution in [-0.4, -0.2) is 51.1 Å². The highest BCUT2D eigenvalue weighted by atomic mass is 32.1. The number of nitrogens with zero attached hydrogens (tertiary/aromatic N) is 3. The Morgan fingerprint density at radius 2 is 2.03 bits per heavy atom. The minimum absolute atomic E-state index is 0.00312. The number of hydrogen-bond donors (Lipinski definition) is 2. The first kappa shape index (κ1) is 21.2. The Kier molecular flexibility index (Phi) is 6.84. The van der Waals surface area contributed by atoms with Gasteiger partial charge in [0.2, 0.25) is 5.91 Å². The van der Waals surface area contributed by atoms with Crippen molar-refractivity contribution in [2.24, 2.45) is 5.92 Å². The SMILES string of the molecule is Cc1ccc(C(=O)N2CCCC(C(=O)NCCc3n[nH]c(=S)n3C(C)C)C2)cc1. The molecule has 2 amide bonds. The second-order valence-corrected chi connectivity index (χ2v) is 8.29. The predicted octanol–water partition coefficient (Wildman–Crippen LogP) is 3.04. The molecule has 1 aliphatic rings. The van der Waals surface area contributed by atoms with Crippen LogP contribution < -0.4 is 5.32 Å². The number of rotatable bonds is 6. The quantitative estimate of drug-likeness (QED) is 0.711. The summed E-state index contributed by atoms with van der Waals surface area (Å²) >= 11 is 5.26. The molecule has 2 aromatic rings. The summed E-state index contributed by atoms with van der Waals surface area (Å²) in [6, 6.07) is 7.79. The van der Waals surface area contributed by atoms with Crippen LogP contribution in [0.15, 0.2) is 24.3 Å². The number of H-pyrrole nitrogens is 1. The Morgan fingerprint density at radius 1 is 1.31 bits per heavy atom. The Morgan fingerprint density at radius 3 is 2.72 bits per heavy atom. The maximum absolute atomic E-state index is 12.8. The minimum atomic E-state index is -0.177. The molecule has 1 saturated heterocycles. The van der Waals surface area contributed by atoms with Gasteiger partial charge in [-0.25, -0.2) is 0 Å². The van der Waals surface area contributed by atoms with E-state index in [0.717, 1.165) is 24.2 Å². The van der Waals surface area contributed by atoms with E-state index in [1.165, 1.54) is 0 Å². The smallest absolute Gasteiger partial charge is 0.253 e. The molecule has 0 bridgehead atoms. The number of amides is 2. The molecule has 0 saturated carbocycles. The molecule has 0 spiro atoms. The summed E-state index contributed by atoms with van der Waals surface area (Å²) in [5.74, 6) is 0.654. The maximum atomic E-state index is 12.8. The minimum Gasteiger partial charge on any atom is -0.355 e. The van der Waals surface area contributed by atoms with Gasteiger partial charge in [0.05, 0.1) is 5.92 Å². The van der Waals surface area contributed by atoms with Gasteiger partial charge in [-0.15, -0.1) is 0 Å². The van der Waals surface area contributed by atoms with Crippen LogP contribution in [0.5, 0.6) is 0 Å². The Labute approximate surface area is 176 Å².